The molecule has 6 nitrogen and oxygen atoms in total. The molecule has 0 radical (unpaired) electrons. The van der Waals surface area contributed by atoms with Crippen molar-refractivity contribution in [1.29, 1.82) is 0 Å². The number of amides is 1. The fourth-order valence-corrected chi connectivity index (χ4v) is 4.06. The molecule has 1 amide bonds. The predicted molar refractivity (Wildman–Crippen MR) is 96.5 cm³/mol. The van der Waals surface area contributed by atoms with E-state index in [2.05, 4.69) is 0 Å². The second kappa shape index (κ2) is 10.1. The van der Waals surface area contributed by atoms with Gasteiger partial charge in [-0.05, 0) is 46.1 Å². The molecule has 2 atom stereocenters. The molecule has 0 aromatic carbocycles. The molecule has 0 spiro atoms. The van der Waals surface area contributed by atoms with Gasteiger partial charge >= 0.3 is 5.97 Å². The van der Waals surface area contributed by atoms with Crippen molar-refractivity contribution in [1.82, 2.24) is 9.80 Å². The largest absolute Gasteiger partial charge is 0.480 e. The number of likely N-dealkylation sites (tertiary alicyclic amines) is 1. The van der Waals surface area contributed by atoms with E-state index < -0.39 is 5.97 Å². The lowest BCUT2D eigenvalue weighted by Gasteiger charge is -2.28. The van der Waals surface area contributed by atoms with Gasteiger partial charge in [-0.3, -0.25) is 14.5 Å². The third-order valence-electron chi connectivity index (χ3n) is 5.56. The van der Waals surface area contributed by atoms with Crippen LogP contribution in [0.1, 0.15) is 64.7 Å². The van der Waals surface area contributed by atoms with Gasteiger partial charge in [0.25, 0.3) is 5.91 Å². The van der Waals surface area contributed by atoms with Gasteiger partial charge in [0.2, 0.25) is 0 Å². The molecule has 1 aliphatic heterocycles. The van der Waals surface area contributed by atoms with Crippen LogP contribution < -0.4 is 0 Å². The lowest BCUT2D eigenvalue weighted by molar-refractivity contribution is -0.146. The first-order valence-corrected chi connectivity index (χ1v) is 9.83. The van der Waals surface area contributed by atoms with E-state index in [9.17, 15) is 9.59 Å². The van der Waals surface area contributed by atoms with Gasteiger partial charge in [0.1, 0.15) is 6.10 Å². The number of nitrogens with zero attached hydrogens (tertiary/aromatic N) is 2. The van der Waals surface area contributed by atoms with E-state index in [1.54, 1.807) is 0 Å². The fraction of sp³-hybridized carbons (Fsp3) is 0.895. The summed E-state index contributed by atoms with van der Waals surface area (Å²) in [6, 6.07) is 0.229. The summed E-state index contributed by atoms with van der Waals surface area (Å²) in [5.74, 6) is -0.712. The van der Waals surface area contributed by atoms with Gasteiger partial charge in [0.05, 0.1) is 12.6 Å². The zero-order valence-electron chi connectivity index (χ0n) is 15.8. The smallest absolute Gasteiger partial charge is 0.317 e. The highest BCUT2D eigenvalue weighted by Gasteiger charge is 2.28. The Labute approximate surface area is 151 Å². The van der Waals surface area contributed by atoms with Crippen molar-refractivity contribution in [2.24, 2.45) is 0 Å². The van der Waals surface area contributed by atoms with E-state index in [4.69, 9.17) is 9.84 Å². The minimum Gasteiger partial charge on any atom is -0.480 e. The topological polar surface area (TPSA) is 70.1 Å². The Hall–Kier alpha value is -1.14. The van der Waals surface area contributed by atoms with E-state index in [0.29, 0.717) is 6.54 Å². The zero-order chi connectivity index (χ0) is 18.2. The summed E-state index contributed by atoms with van der Waals surface area (Å²) >= 11 is 0. The van der Waals surface area contributed by atoms with Crippen LogP contribution in [0, 0.1) is 0 Å². The molecule has 2 fully saturated rings. The van der Waals surface area contributed by atoms with Crippen molar-refractivity contribution in [3.63, 3.8) is 0 Å². The van der Waals surface area contributed by atoms with Gasteiger partial charge in [0.15, 0.2) is 0 Å². The van der Waals surface area contributed by atoms with Crippen LogP contribution in [0.25, 0.3) is 0 Å². The summed E-state index contributed by atoms with van der Waals surface area (Å²) in [5, 5.41) is 8.95. The normalized spacial score (nSPS) is 24.6. The van der Waals surface area contributed by atoms with Crippen LogP contribution in [-0.2, 0) is 14.3 Å². The van der Waals surface area contributed by atoms with Crippen molar-refractivity contribution in [2.75, 3.05) is 26.7 Å². The maximum Gasteiger partial charge on any atom is 0.317 e. The highest BCUT2D eigenvalue weighted by molar-refractivity contribution is 5.80. The number of aliphatic carboxylic acids is 1. The number of carbonyl (C=O) groups excluding carboxylic acids is 1. The Bertz CT molecular complexity index is 435. The number of hydrogen-bond acceptors (Lipinski definition) is 4. The van der Waals surface area contributed by atoms with Gasteiger partial charge in [-0.15, -0.1) is 0 Å². The van der Waals surface area contributed by atoms with Crippen molar-refractivity contribution in [3.05, 3.63) is 0 Å². The average Bonchev–Trinajstić information content (AvgIpc) is 2.96. The molecule has 1 heterocycles. The van der Waals surface area contributed by atoms with Crippen molar-refractivity contribution < 1.29 is 19.4 Å². The standard InChI is InChI=1S/C19H34N2O4/c1-15(25-17-9-5-3-4-6-10-17)19(24)21-12-7-8-16(11-13-21)20(2)14-18(22)23/h15-17H,3-14H2,1-2H3,(H,22,23). The molecule has 1 N–H and O–H groups in total. The monoisotopic (exact) mass is 354 g/mol. The molecule has 0 bridgehead atoms. The van der Waals surface area contributed by atoms with Gasteiger partial charge < -0.3 is 14.7 Å². The minimum atomic E-state index is -0.801. The number of carboxylic acid groups (broad SMARTS) is 1. The lowest BCUT2D eigenvalue weighted by Crippen LogP contribution is -2.42. The fourth-order valence-electron chi connectivity index (χ4n) is 4.06. The summed E-state index contributed by atoms with van der Waals surface area (Å²) in [6.07, 6.45) is 9.62. The molecule has 1 saturated carbocycles. The summed E-state index contributed by atoms with van der Waals surface area (Å²) in [7, 11) is 1.86. The quantitative estimate of drug-likeness (QED) is 0.742. The molecular formula is C19H34N2O4. The molecular weight excluding hydrogens is 320 g/mol. The molecule has 144 valence electrons. The Morgan fingerprint density at radius 3 is 2.40 bits per heavy atom. The molecule has 6 heteroatoms. The second-order valence-corrected chi connectivity index (χ2v) is 7.61. The predicted octanol–water partition coefficient (Wildman–Crippen LogP) is 2.51. The van der Waals surface area contributed by atoms with E-state index >= 15 is 0 Å². The molecule has 2 rings (SSSR count). The third kappa shape index (κ3) is 6.59. The van der Waals surface area contributed by atoms with E-state index in [-0.39, 0.29) is 30.7 Å². The molecule has 1 aliphatic carbocycles. The molecule has 25 heavy (non-hydrogen) atoms. The van der Waals surface area contributed by atoms with E-state index in [0.717, 1.165) is 38.6 Å². The first-order valence-electron chi connectivity index (χ1n) is 9.83. The van der Waals surface area contributed by atoms with Crippen LogP contribution in [0.3, 0.4) is 0 Å². The van der Waals surface area contributed by atoms with Crippen LogP contribution in [0.2, 0.25) is 0 Å². The van der Waals surface area contributed by atoms with Gasteiger partial charge in [-0.1, -0.05) is 25.7 Å². The Kier molecular flexibility index (Phi) is 8.16. The number of hydrogen-bond donors (Lipinski definition) is 1. The first kappa shape index (κ1) is 20.2. The summed E-state index contributed by atoms with van der Waals surface area (Å²) in [4.78, 5) is 27.5. The first-order chi connectivity index (χ1) is 12.0. The molecule has 0 aromatic rings. The third-order valence-corrected chi connectivity index (χ3v) is 5.56. The Morgan fingerprint density at radius 1 is 1.08 bits per heavy atom. The molecule has 2 aliphatic rings. The highest BCUT2D eigenvalue weighted by atomic mass is 16.5. The zero-order valence-corrected chi connectivity index (χ0v) is 15.8. The van der Waals surface area contributed by atoms with Gasteiger partial charge in [-0.25, -0.2) is 0 Å². The van der Waals surface area contributed by atoms with E-state index in [1.165, 1.54) is 25.7 Å². The van der Waals surface area contributed by atoms with Crippen LogP contribution in [0.4, 0.5) is 0 Å². The van der Waals surface area contributed by atoms with Crippen LogP contribution >= 0.6 is 0 Å². The summed E-state index contributed by atoms with van der Waals surface area (Å²) in [5.41, 5.74) is 0. The lowest BCUT2D eigenvalue weighted by atomic mass is 10.1. The number of carbonyl (C=O) groups is 2. The van der Waals surface area contributed by atoms with Gasteiger partial charge in [-0.2, -0.15) is 0 Å². The SMILES string of the molecule is CC(OC1CCCCCC1)C(=O)N1CCCC(N(C)CC(=O)O)CC1. The number of rotatable bonds is 6. The van der Waals surface area contributed by atoms with Crippen LogP contribution in [0.5, 0.6) is 0 Å². The van der Waals surface area contributed by atoms with Crippen molar-refractivity contribution in [2.45, 2.75) is 83.0 Å². The maximum absolute atomic E-state index is 12.8. The molecule has 0 aromatic heterocycles. The number of carboxylic acids is 1. The average molecular weight is 354 g/mol. The molecule has 1 saturated heterocycles. The Morgan fingerprint density at radius 2 is 1.76 bits per heavy atom. The summed E-state index contributed by atoms with van der Waals surface area (Å²) in [6.45, 7) is 3.37. The van der Waals surface area contributed by atoms with Gasteiger partial charge in [0, 0.05) is 19.1 Å². The molecule has 2 unspecified atom stereocenters. The van der Waals surface area contributed by atoms with E-state index in [1.807, 2.05) is 23.8 Å². The van der Waals surface area contributed by atoms with Crippen LogP contribution in [0.15, 0.2) is 0 Å². The summed E-state index contributed by atoms with van der Waals surface area (Å²) < 4.78 is 6.07. The number of ether oxygens (including phenoxy) is 1. The number of likely N-dealkylation sites (N-methyl/N-ethyl adjacent to an activating group) is 1. The van der Waals surface area contributed by atoms with Crippen LogP contribution in [-0.4, -0.2) is 71.7 Å². The Balaban J connectivity index is 1.81. The highest BCUT2D eigenvalue weighted by Crippen LogP contribution is 2.22. The van der Waals surface area contributed by atoms with Crippen molar-refractivity contribution >= 4 is 11.9 Å². The second-order valence-electron chi connectivity index (χ2n) is 7.61. The maximum atomic E-state index is 12.8. The van der Waals surface area contributed by atoms with Crippen molar-refractivity contribution in [3.8, 4) is 0 Å². The minimum absolute atomic E-state index is 0.0554.